The number of nitrogens with zero attached hydrogens (tertiary/aromatic N) is 2. The molecule has 0 N–H and O–H groups in total. The number of β-lactam (4-membered cyclic amide) rings is 1. The van der Waals surface area contributed by atoms with E-state index in [9.17, 15) is 4.79 Å². The predicted octanol–water partition coefficient (Wildman–Crippen LogP) is 2.51. The summed E-state index contributed by atoms with van der Waals surface area (Å²) in [6.07, 6.45) is 0. The van der Waals surface area contributed by atoms with Gasteiger partial charge in [-0.05, 0) is 26.3 Å². The van der Waals surface area contributed by atoms with Crippen LogP contribution in [-0.2, 0) is 4.79 Å². The van der Waals surface area contributed by atoms with Crippen molar-refractivity contribution in [2.24, 2.45) is 5.92 Å². The molecule has 0 aromatic heterocycles. The van der Waals surface area contributed by atoms with Gasteiger partial charge in [0, 0.05) is 5.54 Å². The summed E-state index contributed by atoms with van der Waals surface area (Å²) in [5.74, 6) is -0.592. The quantitative estimate of drug-likeness (QED) is 0.693. The maximum absolute atomic E-state index is 11.9. The van der Waals surface area contributed by atoms with Crippen molar-refractivity contribution in [1.29, 1.82) is 5.26 Å². The topological polar surface area (TPSA) is 44.1 Å². The average Bonchev–Trinajstić information content (AvgIpc) is 2.25. The number of likely N-dealkylation sites (tertiary alicyclic amines) is 1. The van der Waals surface area contributed by atoms with Gasteiger partial charge in [-0.1, -0.05) is 30.3 Å². The fraction of sp³-hybridized carbons (Fsp3) is 0.429. The van der Waals surface area contributed by atoms with Crippen LogP contribution < -0.4 is 0 Å². The number of nitriles is 1. The van der Waals surface area contributed by atoms with Gasteiger partial charge in [0.05, 0.1) is 12.1 Å². The van der Waals surface area contributed by atoms with Gasteiger partial charge in [-0.2, -0.15) is 5.26 Å². The number of hydrogen-bond acceptors (Lipinski definition) is 2. The van der Waals surface area contributed by atoms with Crippen molar-refractivity contribution < 1.29 is 4.79 Å². The summed E-state index contributed by atoms with van der Waals surface area (Å²) in [7, 11) is 0. The highest BCUT2D eigenvalue weighted by molar-refractivity contribution is 5.89. The molecule has 17 heavy (non-hydrogen) atoms. The van der Waals surface area contributed by atoms with E-state index in [0.29, 0.717) is 0 Å². The molecular weight excluding hydrogens is 212 g/mol. The summed E-state index contributed by atoms with van der Waals surface area (Å²) >= 11 is 0. The molecule has 0 aliphatic carbocycles. The SMILES string of the molecule is CC(C)(C)N1C(=O)[C@H](C#N)[C@H]1c1ccccc1. The molecule has 0 radical (unpaired) electrons. The average molecular weight is 228 g/mol. The third-order valence-corrected chi connectivity index (χ3v) is 3.10. The Labute approximate surface area is 102 Å². The molecule has 1 aliphatic rings. The van der Waals surface area contributed by atoms with Crippen LogP contribution in [0.5, 0.6) is 0 Å². The molecule has 1 aromatic carbocycles. The van der Waals surface area contributed by atoms with Crippen LogP contribution in [0.3, 0.4) is 0 Å². The van der Waals surface area contributed by atoms with E-state index in [1.54, 1.807) is 4.90 Å². The molecule has 1 heterocycles. The van der Waals surface area contributed by atoms with Crippen LogP contribution in [-0.4, -0.2) is 16.3 Å². The van der Waals surface area contributed by atoms with Crippen molar-refractivity contribution in [2.75, 3.05) is 0 Å². The fourth-order valence-corrected chi connectivity index (χ4v) is 2.35. The van der Waals surface area contributed by atoms with Crippen molar-refractivity contribution in [3.63, 3.8) is 0 Å². The van der Waals surface area contributed by atoms with E-state index in [0.717, 1.165) is 5.56 Å². The minimum atomic E-state index is -0.531. The molecule has 3 heteroatoms. The van der Waals surface area contributed by atoms with Gasteiger partial charge in [0.2, 0.25) is 5.91 Å². The number of benzene rings is 1. The highest BCUT2D eigenvalue weighted by Crippen LogP contribution is 2.44. The summed E-state index contributed by atoms with van der Waals surface area (Å²) in [6.45, 7) is 5.98. The number of carbonyl (C=O) groups excluding carboxylic acids is 1. The van der Waals surface area contributed by atoms with Gasteiger partial charge in [0.1, 0.15) is 5.92 Å². The molecule has 0 saturated carbocycles. The zero-order valence-corrected chi connectivity index (χ0v) is 10.3. The predicted molar refractivity (Wildman–Crippen MR) is 64.9 cm³/mol. The Hall–Kier alpha value is -1.82. The Balaban J connectivity index is 2.37. The van der Waals surface area contributed by atoms with Crippen LogP contribution in [0.4, 0.5) is 0 Å². The molecular formula is C14H16N2O. The van der Waals surface area contributed by atoms with Crippen LogP contribution in [0.15, 0.2) is 30.3 Å². The first-order valence-corrected chi connectivity index (χ1v) is 5.74. The third kappa shape index (κ3) is 1.80. The lowest BCUT2D eigenvalue weighted by molar-refractivity contribution is -0.161. The van der Waals surface area contributed by atoms with Gasteiger partial charge in [-0.3, -0.25) is 4.79 Å². The second-order valence-corrected chi connectivity index (χ2v) is 5.34. The van der Waals surface area contributed by atoms with Gasteiger partial charge in [-0.25, -0.2) is 0 Å². The summed E-state index contributed by atoms with van der Waals surface area (Å²) in [4.78, 5) is 13.7. The van der Waals surface area contributed by atoms with Crippen molar-refractivity contribution in [3.05, 3.63) is 35.9 Å². The lowest BCUT2D eigenvalue weighted by Crippen LogP contribution is -2.61. The third-order valence-electron chi connectivity index (χ3n) is 3.10. The summed E-state index contributed by atoms with van der Waals surface area (Å²) in [5.41, 5.74) is 0.791. The first-order chi connectivity index (χ1) is 7.96. The normalized spacial score (nSPS) is 24.1. The van der Waals surface area contributed by atoms with Crippen molar-refractivity contribution in [1.82, 2.24) is 4.90 Å². The minimum absolute atomic E-state index is 0.0612. The number of carbonyl (C=O) groups is 1. The van der Waals surface area contributed by atoms with E-state index in [4.69, 9.17) is 5.26 Å². The summed E-state index contributed by atoms with van der Waals surface area (Å²) in [6, 6.07) is 11.8. The summed E-state index contributed by atoms with van der Waals surface area (Å²) in [5, 5.41) is 9.07. The first-order valence-electron chi connectivity index (χ1n) is 5.74. The Kier molecular flexibility index (Phi) is 2.66. The Morgan fingerprint density at radius 3 is 2.29 bits per heavy atom. The van der Waals surface area contributed by atoms with Crippen molar-refractivity contribution >= 4 is 5.91 Å². The standard InChI is InChI=1S/C14H16N2O/c1-14(2,3)16-12(11(9-15)13(16)17)10-7-5-4-6-8-10/h4-8,11-12H,1-3H3/t11-,12-/m1/s1. The molecule has 1 aromatic rings. The van der Waals surface area contributed by atoms with Gasteiger partial charge >= 0.3 is 0 Å². The Morgan fingerprint density at radius 2 is 1.82 bits per heavy atom. The number of rotatable bonds is 1. The van der Waals surface area contributed by atoms with Crippen LogP contribution in [0.25, 0.3) is 0 Å². The smallest absolute Gasteiger partial charge is 0.243 e. The zero-order valence-electron chi connectivity index (χ0n) is 10.3. The van der Waals surface area contributed by atoms with Gasteiger partial charge < -0.3 is 4.90 Å². The van der Waals surface area contributed by atoms with Gasteiger partial charge in [-0.15, -0.1) is 0 Å². The molecule has 1 fully saturated rings. The molecule has 0 unspecified atom stereocenters. The fourth-order valence-electron chi connectivity index (χ4n) is 2.35. The van der Waals surface area contributed by atoms with Crippen LogP contribution in [0.2, 0.25) is 0 Å². The van der Waals surface area contributed by atoms with Crippen molar-refractivity contribution in [3.8, 4) is 6.07 Å². The second-order valence-electron chi connectivity index (χ2n) is 5.34. The lowest BCUT2D eigenvalue weighted by atomic mass is 9.79. The van der Waals surface area contributed by atoms with Crippen LogP contribution >= 0.6 is 0 Å². The Morgan fingerprint density at radius 1 is 1.24 bits per heavy atom. The van der Waals surface area contributed by atoms with E-state index >= 15 is 0 Å². The molecule has 1 saturated heterocycles. The molecule has 1 amide bonds. The van der Waals surface area contributed by atoms with Crippen LogP contribution in [0.1, 0.15) is 32.4 Å². The first kappa shape index (κ1) is 11.7. The van der Waals surface area contributed by atoms with Crippen molar-refractivity contribution in [2.45, 2.75) is 32.4 Å². The van der Waals surface area contributed by atoms with Gasteiger partial charge in [0.25, 0.3) is 0 Å². The highest BCUT2D eigenvalue weighted by Gasteiger charge is 2.52. The maximum Gasteiger partial charge on any atom is 0.243 e. The molecule has 0 bridgehead atoms. The van der Waals surface area contributed by atoms with E-state index in [1.165, 1.54) is 0 Å². The van der Waals surface area contributed by atoms with E-state index in [-0.39, 0.29) is 17.5 Å². The van der Waals surface area contributed by atoms with E-state index in [1.807, 2.05) is 51.1 Å². The molecule has 2 atom stereocenters. The monoisotopic (exact) mass is 228 g/mol. The van der Waals surface area contributed by atoms with Gasteiger partial charge in [0.15, 0.2) is 0 Å². The van der Waals surface area contributed by atoms with E-state index < -0.39 is 5.92 Å². The van der Waals surface area contributed by atoms with E-state index in [2.05, 4.69) is 6.07 Å². The maximum atomic E-state index is 11.9. The molecule has 88 valence electrons. The summed E-state index contributed by atoms with van der Waals surface area (Å²) < 4.78 is 0. The lowest BCUT2D eigenvalue weighted by Gasteiger charge is -2.51. The minimum Gasteiger partial charge on any atom is -0.328 e. The Bertz CT molecular complexity index is 467. The molecule has 2 rings (SSSR count). The van der Waals surface area contributed by atoms with Crippen LogP contribution in [0, 0.1) is 17.2 Å². The second kappa shape index (κ2) is 3.89. The highest BCUT2D eigenvalue weighted by atomic mass is 16.2. The molecule has 0 spiro atoms. The molecule has 1 aliphatic heterocycles. The number of hydrogen-bond donors (Lipinski definition) is 0. The number of amides is 1. The molecule has 3 nitrogen and oxygen atoms in total. The zero-order chi connectivity index (χ0) is 12.6. The largest absolute Gasteiger partial charge is 0.328 e.